The summed E-state index contributed by atoms with van der Waals surface area (Å²) in [7, 11) is 1.60. The topological polar surface area (TPSA) is 128 Å². The standard InChI is InChI=1S/C34H48F3N5O5/c1-4-6-17-40-33(38)41-31(43)29(47-32(44)34(35,36)37)21-25-15-16-27(24-12-8-7-9-13-24)30(46-20-11-19-45-3)28(25)23-39-22-26-14-10-18-42(26)5-2/h7-9,12-13,15-16,26,29,39H,4-6,10-11,14,17-23H2,1-3H3,(H3,38,40,41,43). The van der Waals surface area contributed by atoms with Crippen LogP contribution in [-0.2, 0) is 32.0 Å². The SMILES string of the molecule is CCCCN=C(N)NC(=O)C(Cc1ccc(-c2ccccc2)c(OCCCOC)c1CNCC1CCCN1CC)OC(=O)C(F)(F)F. The van der Waals surface area contributed by atoms with E-state index in [9.17, 15) is 22.8 Å². The van der Waals surface area contributed by atoms with Gasteiger partial charge in [0, 0.05) is 63.4 Å². The van der Waals surface area contributed by atoms with Crippen molar-refractivity contribution >= 4 is 17.8 Å². The molecule has 1 aliphatic heterocycles. The Labute approximate surface area is 275 Å². The molecule has 3 rings (SSSR count). The lowest BCUT2D eigenvalue weighted by Crippen LogP contribution is -2.46. The van der Waals surface area contributed by atoms with Gasteiger partial charge < -0.3 is 25.3 Å². The zero-order chi connectivity index (χ0) is 34.2. The van der Waals surface area contributed by atoms with Crippen molar-refractivity contribution in [1.82, 2.24) is 15.5 Å². The number of amides is 1. The third kappa shape index (κ3) is 11.8. The van der Waals surface area contributed by atoms with E-state index in [1.807, 2.05) is 37.3 Å². The summed E-state index contributed by atoms with van der Waals surface area (Å²) in [5.41, 5.74) is 8.63. The van der Waals surface area contributed by atoms with Crippen molar-refractivity contribution in [2.75, 3.05) is 46.5 Å². The number of benzene rings is 2. The second-order valence-corrected chi connectivity index (χ2v) is 11.4. The average molecular weight is 664 g/mol. The van der Waals surface area contributed by atoms with Gasteiger partial charge in [0.1, 0.15) is 5.75 Å². The summed E-state index contributed by atoms with van der Waals surface area (Å²) in [4.78, 5) is 31.7. The van der Waals surface area contributed by atoms with Gasteiger partial charge in [-0.05, 0) is 43.5 Å². The number of rotatable bonds is 18. The molecule has 1 aliphatic rings. The highest BCUT2D eigenvalue weighted by Gasteiger charge is 2.43. The lowest BCUT2D eigenvalue weighted by Gasteiger charge is -2.25. The minimum atomic E-state index is -5.30. The van der Waals surface area contributed by atoms with E-state index >= 15 is 0 Å². The van der Waals surface area contributed by atoms with Gasteiger partial charge in [0.15, 0.2) is 12.1 Å². The van der Waals surface area contributed by atoms with Crippen LogP contribution in [0.4, 0.5) is 13.2 Å². The summed E-state index contributed by atoms with van der Waals surface area (Å²) in [6.45, 7) is 8.13. The highest BCUT2D eigenvalue weighted by atomic mass is 19.4. The number of methoxy groups -OCH3 is 1. The molecule has 1 fully saturated rings. The van der Waals surface area contributed by atoms with Crippen LogP contribution in [0.25, 0.3) is 11.1 Å². The number of likely N-dealkylation sites (N-methyl/N-ethyl adjacent to an activating group) is 1. The first kappa shape index (κ1) is 37.8. The first-order valence-electron chi connectivity index (χ1n) is 16.2. The molecule has 2 aromatic rings. The number of nitrogens with zero attached hydrogens (tertiary/aromatic N) is 2. The molecule has 10 nitrogen and oxygen atoms in total. The van der Waals surface area contributed by atoms with E-state index in [0.29, 0.717) is 68.6 Å². The van der Waals surface area contributed by atoms with Crippen LogP contribution in [-0.4, -0.2) is 87.6 Å². The first-order valence-corrected chi connectivity index (χ1v) is 16.2. The van der Waals surface area contributed by atoms with Crippen molar-refractivity contribution in [3.63, 3.8) is 0 Å². The predicted molar refractivity (Wildman–Crippen MR) is 175 cm³/mol. The molecule has 0 spiro atoms. The van der Waals surface area contributed by atoms with Crippen molar-refractivity contribution in [3.05, 3.63) is 53.6 Å². The van der Waals surface area contributed by atoms with Crippen molar-refractivity contribution < 1.29 is 37.0 Å². The molecule has 260 valence electrons. The van der Waals surface area contributed by atoms with E-state index in [-0.39, 0.29) is 12.4 Å². The van der Waals surface area contributed by atoms with E-state index in [2.05, 4.69) is 27.4 Å². The average Bonchev–Trinajstić information content (AvgIpc) is 3.51. The summed E-state index contributed by atoms with van der Waals surface area (Å²) >= 11 is 0. The Balaban J connectivity index is 2.03. The maximum Gasteiger partial charge on any atom is 0.490 e. The van der Waals surface area contributed by atoms with Gasteiger partial charge in [-0.1, -0.05) is 62.7 Å². The Kier molecular flexibility index (Phi) is 15.4. The van der Waals surface area contributed by atoms with Crippen LogP contribution < -0.4 is 21.1 Å². The van der Waals surface area contributed by atoms with Gasteiger partial charge in [0.05, 0.1) is 6.61 Å². The van der Waals surface area contributed by atoms with E-state index in [0.717, 1.165) is 43.5 Å². The predicted octanol–water partition coefficient (Wildman–Crippen LogP) is 4.59. The fraction of sp³-hybridized carbons (Fsp3) is 0.559. The Hall–Kier alpha value is -3.68. The smallest absolute Gasteiger partial charge is 0.490 e. The van der Waals surface area contributed by atoms with Gasteiger partial charge in [0.2, 0.25) is 0 Å². The van der Waals surface area contributed by atoms with Crippen molar-refractivity contribution in [1.29, 1.82) is 0 Å². The minimum absolute atomic E-state index is 0.267. The second-order valence-electron chi connectivity index (χ2n) is 11.4. The summed E-state index contributed by atoms with van der Waals surface area (Å²) in [6.07, 6.45) is -3.22. The van der Waals surface area contributed by atoms with Gasteiger partial charge in [-0.2, -0.15) is 13.2 Å². The van der Waals surface area contributed by atoms with Gasteiger partial charge in [-0.3, -0.25) is 20.0 Å². The zero-order valence-corrected chi connectivity index (χ0v) is 27.5. The van der Waals surface area contributed by atoms with Crippen LogP contribution in [0.3, 0.4) is 0 Å². The zero-order valence-electron chi connectivity index (χ0n) is 27.5. The van der Waals surface area contributed by atoms with Gasteiger partial charge in [-0.15, -0.1) is 0 Å². The number of esters is 1. The highest BCUT2D eigenvalue weighted by Crippen LogP contribution is 2.37. The van der Waals surface area contributed by atoms with Crippen molar-refractivity contribution in [2.45, 2.75) is 77.2 Å². The quantitative estimate of drug-likeness (QED) is 0.0916. The maximum absolute atomic E-state index is 13.3. The fourth-order valence-corrected chi connectivity index (χ4v) is 5.53. The molecule has 0 bridgehead atoms. The maximum atomic E-state index is 13.3. The molecule has 47 heavy (non-hydrogen) atoms. The van der Waals surface area contributed by atoms with E-state index in [1.165, 1.54) is 0 Å². The van der Waals surface area contributed by atoms with Crippen LogP contribution in [0, 0.1) is 0 Å². The number of likely N-dealkylation sites (tertiary alicyclic amines) is 1. The molecule has 2 unspecified atom stereocenters. The Bertz CT molecular complexity index is 1310. The number of aliphatic imine (C=N–C) groups is 1. The van der Waals surface area contributed by atoms with Gasteiger partial charge >= 0.3 is 12.1 Å². The number of hydrogen-bond acceptors (Lipinski definition) is 8. The number of carbonyl (C=O) groups is 2. The lowest BCUT2D eigenvalue weighted by atomic mass is 9.94. The molecule has 0 aromatic heterocycles. The van der Waals surface area contributed by atoms with E-state index in [4.69, 9.17) is 19.9 Å². The third-order valence-corrected chi connectivity index (χ3v) is 7.99. The second kappa shape index (κ2) is 19.2. The minimum Gasteiger partial charge on any atom is -0.493 e. The summed E-state index contributed by atoms with van der Waals surface area (Å²) in [5.74, 6) is -3.23. The summed E-state index contributed by atoms with van der Waals surface area (Å²) in [6, 6.07) is 13.5. The normalized spacial score (nSPS) is 16.2. The van der Waals surface area contributed by atoms with E-state index in [1.54, 1.807) is 19.2 Å². The number of unbranched alkanes of at least 4 members (excludes halogenated alkanes) is 1. The first-order chi connectivity index (χ1) is 22.6. The molecule has 1 heterocycles. The van der Waals surface area contributed by atoms with Crippen LogP contribution in [0.1, 0.15) is 57.1 Å². The molecule has 1 saturated heterocycles. The molecule has 0 saturated carbocycles. The number of ether oxygens (including phenoxy) is 3. The van der Waals surface area contributed by atoms with Crippen LogP contribution in [0.2, 0.25) is 0 Å². The number of alkyl halides is 3. The van der Waals surface area contributed by atoms with Crippen molar-refractivity contribution in [3.8, 4) is 16.9 Å². The monoisotopic (exact) mass is 663 g/mol. The molecule has 2 aromatic carbocycles. The Morgan fingerprint density at radius 2 is 1.87 bits per heavy atom. The highest BCUT2D eigenvalue weighted by molar-refractivity contribution is 5.99. The Morgan fingerprint density at radius 3 is 2.55 bits per heavy atom. The molecule has 2 atom stereocenters. The molecule has 0 radical (unpaired) electrons. The third-order valence-electron chi connectivity index (χ3n) is 7.99. The van der Waals surface area contributed by atoms with Crippen LogP contribution >= 0.6 is 0 Å². The molecule has 4 N–H and O–H groups in total. The molecule has 1 amide bonds. The number of guanidine groups is 1. The number of halogens is 3. The van der Waals surface area contributed by atoms with Gasteiger partial charge in [0.25, 0.3) is 5.91 Å². The fourth-order valence-electron chi connectivity index (χ4n) is 5.53. The van der Waals surface area contributed by atoms with Crippen LogP contribution in [0.15, 0.2) is 47.5 Å². The largest absolute Gasteiger partial charge is 0.493 e. The van der Waals surface area contributed by atoms with Gasteiger partial charge in [-0.25, -0.2) is 4.79 Å². The molecular formula is C34H48F3N5O5. The molecule has 13 heteroatoms. The summed E-state index contributed by atoms with van der Waals surface area (Å²) in [5, 5.41) is 5.83. The molecule has 0 aliphatic carbocycles. The molecular weight excluding hydrogens is 615 g/mol. The van der Waals surface area contributed by atoms with E-state index < -0.39 is 24.2 Å². The summed E-state index contributed by atoms with van der Waals surface area (Å²) < 4.78 is 56.4. The van der Waals surface area contributed by atoms with Crippen molar-refractivity contribution in [2.24, 2.45) is 10.7 Å². The lowest BCUT2D eigenvalue weighted by molar-refractivity contribution is -0.205. The number of hydrogen-bond donors (Lipinski definition) is 3. The number of nitrogens with two attached hydrogens (primary N) is 1. The number of carbonyl (C=O) groups excluding carboxylic acids is 2. The Morgan fingerprint density at radius 1 is 1.11 bits per heavy atom. The number of nitrogens with one attached hydrogen (secondary N) is 2. The van der Waals surface area contributed by atoms with Crippen LogP contribution in [0.5, 0.6) is 5.75 Å².